The highest BCUT2D eigenvalue weighted by Gasteiger charge is 2.19. The molecule has 0 amide bonds. The van der Waals surface area contributed by atoms with Crippen LogP contribution < -0.4 is 5.32 Å². The SMILES string of the molecule is N#CC1CCC(NCCc2ccccc2Br)CC1. The second-order valence-corrected chi connectivity index (χ2v) is 5.83. The summed E-state index contributed by atoms with van der Waals surface area (Å²) in [5.74, 6) is 0.298. The summed E-state index contributed by atoms with van der Waals surface area (Å²) in [5, 5.41) is 12.5. The topological polar surface area (TPSA) is 35.8 Å². The minimum Gasteiger partial charge on any atom is -0.314 e. The van der Waals surface area contributed by atoms with Crippen LogP contribution in [0.25, 0.3) is 0 Å². The Bertz CT molecular complexity index is 417. The van der Waals surface area contributed by atoms with Crippen LogP contribution >= 0.6 is 15.9 Å². The first-order valence-corrected chi connectivity index (χ1v) is 7.45. The maximum absolute atomic E-state index is 8.86. The molecule has 1 saturated carbocycles. The third-order valence-corrected chi connectivity index (χ3v) is 4.47. The van der Waals surface area contributed by atoms with Crippen LogP contribution in [-0.2, 0) is 6.42 Å². The lowest BCUT2D eigenvalue weighted by molar-refractivity contribution is 0.334. The van der Waals surface area contributed by atoms with Gasteiger partial charge in [-0.3, -0.25) is 0 Å². The van der Waals surface area contributed by atoms with Gasteiger partial charge >= 0.3 is 0 Å². The molecule has 2 rings (SSSR count). The van der Waals surface area contributed by atoms with Gasteiger partial charge in [0.2, 0.25) is 0 Å². The normalized spacial score (nSPS) is 23.6. The van der Waals surface area contributed by atoms with Crippen molar-refractivity contribution in [2.75, 3.05) is 6.54 Å². The Labute approximate surface area is 118 Å². The zero-order valence-corrected chi connectivity index (χ0v) is 12.1. The first kappa shape index (κ1) is 13.6. The van der Waals surface area contributed by atoms with E-state index >= 15 is 0 Å². The van der Waals surface area contributed by atoms with Gasteiger partial charge in [-0.2, -0.15) is 5.26 Å². The lowest BCUT2D eigenvalue weighted by atomic mass is 9.87. The Hall–Kier alpha value is -0.850. The molecule has 0 aromatic heterocycles. The van der Waals surface area contributed by atoms with Gasteiger partial charge in [0.25, 0.3) is 0 Å². The van der Waals surface area contributed by atoms with E-state index in [-0.39, 0.29) is 0 Å². The number of nitrogens with zero attached hydrogens (tertiary/aromatic N) is 1. The van der Waals surface area contributed by atoms with Crippen molar-refractivity contribution in [1.82, 2.24) is 5.32 Å². The summed E-state index contributed by atoms with van der Waals surface area (Å²) in [4.78, 5) is 0. The van der Waals surface area contributed by atoms with Gasteiger partial charge in [0.05, 0.1) is 6.07 Å². The van der Waals surface area contributed by atoms with E-state index in [9.17, 15) is 0 Å². The highest BCUT2D eigenvalue weighted by Crippen LogP contribution is 2.23. The van der Waals surface area contributed by atoms with Crippen molar-refractivity contribution in [3.63, 3.8) is 0 Å². The molecule has 1 fully saturated rings. The number of halogens is 1. The Kier molecular flexibility index (Phi) is 5.22. The standard InChI is InChI=1S/C15H19BrN2/c16-15-4-2-1-3-13(15)9-10-18-14-7-5-12(11-17)6-8-14/h1-4,12,14,18H,5-10H2. The van der Waals surface area contributed by atoms with E-state index in [0.29, 0.717) is 12.0 Å². The van der Waals surface area contributed by atoms with Crippen molar-refractivity contribution in [3.8, 4) is 6.07 Å². The molecule has 1 aliphatic rings. The molecule has 0 heterocycles. The zero-order valence-electron chi connectivity index (χ0n) is 10.5. The molecule has 0 spiro atoms. The Morgan fingerprint density at radius 1 is 1.22 bits per heavy atom. The summed E-state index contributed by atoms with van der Waals surface area (Å²) in [6.45, 7) is 1.02. The summed E-state index contributed by atoms with van der Waals surface area (Å²) in [6.07, 6.45) is 5.47. The largest absolute Gasteiger partial charge is 0.314 e. The van der Waals surface area contributed by atoms with Crippen LogP contribution in [0.15, 0.2) is 28.7 Å². The van der Waals surface area contributed by atoms with Crippen molar-refractivity contribution in [2.24, 2.45) is 5.92 Å². The average Bonchev–Trinajstić information content (AvgIpc) is 2.42. The summed E-state index contributed by atoms with van der Waals surface area (Å²) in [5.41, 5.74) is 1.36. The van der Waals surface area contributed by atoms with Crippen LogP contribution in [0.2, 0.25) is 0 Å². The Balaban J connectivity index is 1.71. The second-order valence-electron chi connectivity index (χ2n) is 4.97. The number of nitriles is 1. The van der Waals surface area contributed by atoms with Crippen LogP contribution in [0, 0.1) is 17.2 Å². The molecule has 0 bridgehead atoms. The van der Waals surface area contributed by atoms with Crippen LogP contribution in [0.1, 0.15) is 31.2 Å². The molecule has 3 heteroatoms. The molecule has 18 heavy (non-hydrogen) atoms. The number of benzene rings is 1. The summed E-state index contributed by atoms with van der Waals surface area (Å²) >= 11 is 3.58. The number of rotatable bonds is 4. The van der Waals surface area contributed by atoms with Gasteiger partial charge in [-0.15, -0.1) is 0 Å². The average molecular weight is 307 g/mol. The molecule has 0 saturated heterocycles. The third kappa shape index (κ3) is 3.83. The van der Waals surface area contributed by atoms with E-state index in [1.54, 1.807) is 0 Å². The van der Waals surface area contributed by atoms with Crippen molar-refractivity contribution in [2.45, 2.75) is 38.1 Å². The van der Waals surface area contributed by atoms with Gasteiger partial charge in [0.15, 0.2) is 0 Å². The fourth-order valence-corrected chi connectivity index (χ4v) is 3.02. The van der Waals surface area contributed by atoms with E-state index in [4.69, 9.17) is 5.26 Å². The minimum atomic E-state index is 0.298. The Morgan fingerprint density at radius 3 is 2.61 bits per heavy atom. The first-order chi connectivity index (χ1) is 8.79. The summed E-state index contributed by atoms with van der Waals surface area (Å²) in [7, 11) is 0. The summed E-state index contributed by atoms with van der Waals surface area (Å²) < 4.78 is 1.19. The fourth-order valence-electron chi connectivity index (χ4n) is 2.54. The molecule has 2 nitrogen and oxygen atoms in total. The van der Waals surface area contributed by atoms with Gasteiger partial charge in [-0.1, -0.05) is 34.1 Å². The molecule has 0 aliphatic heterocycles. The van der Waals surface area contributed by atoms with E-state index in [1.807, 2.05) is 6.07 Å². The van der Waals surface area contributed by atoms with Gasteiger partial charge < -0.3 is 5.32 Å². The van der Waals surface area contributed by atoms with Gasteiger partial charge in [-0.05, 0) is 50.3 Å². The molecular weight excluding hydrogens is 288 g/mol. The van der Waals surface area contributed by atoms with Gasteiger partial charge in [0, 0.05) is 16.4 Å². The predicted octanol–water partition coefficient (Wildman–Crippen LogP) is 3.66. The van der Waals surface area contributed by atoms with Crippen molar-refractivity contribution >= 4 is 15.9 Å². The molecule has 1 aromatic carbocycles. The zero-order chi connectivity index (χ0) is 12.8. The molecule has 96 valence electrons. The van der Waals surface area contributed by atoms with Crippen LogP contribution in [0.5, 0.6) is 0 Å². The maximum Gasteiger partial charge on any atom is 0.0655 e. The highest BCUT2D eigenvalue weighted by atomic mass is 79.9. The molecular formula is C15H19BrN2. The van der Waals surface area contributed by atoms with Crippen LogP contribution in [0.3, 0.4) is 0 Å². The van der Waals surface area contributed by atoms with Crippen molar-refractivity contribution in [1.29, 1.82) is 5.26 Å². The first-order valence-electron chi connectivity index (χ1n) is 6.66. The monoisotopic (exact) mass is 306 g/mol. The third-order valence-electron chi connectivity index (χ3n) is 3.69. The van der Waals surface area contributed by atoms with E-state index in [2.05, 4.69) is 45.5 Å². The van der Waals surface area contributed by atoms with Crippen LogP contribution in [0.4, 0.5) is 0 Å². The van der Waals surface area contributed by atoms with E-state index < -0.39 is 0 Å². The van der Waals surface area contributed by atoms with E-state index in [0.717, 1.165) is 38.6 Å². The molecule has 1 aromatic rings. The fraction of sp³-hybridized carbons (Fsp3) is 0.533. The quantitative estimate of drug-likeness (QED) is 0.921. The molecule has 0 unspecified atom stereocenters. The van der Waals surface area contributed by atoms with E-state index in [1.165, 1.54) is 10.0 Å². The molecule has 1 aliphatic carbocycles. The number of hydrogen-bond acceptors (Lipinski definition) is 2. The minimum absolute atomic E-state index is 0.298. The highest BCUT2D eigenvalue weighted by molar-refractivity contribution is 9.10. The lowest BCUT2D eigenvalue weighted by Gasteiger charge is -2.25. The smallest absolute Gasteiger partial charge is 0.0655 e. The Morgan fingerprint density at radius 2 is 1.94 bits per heavy atom. The maximum atomic E-state index is 8.86. The van der Waals surface area contributed by atoms with Crippen LogP contribution in [-0.4, -0.2) is 12.6 Å². The lowest BCUT2D eigenvalue weighted by Crippen LogP contribution is -2.34. The summed E-state index contributed by atoms with van der Waals surface area (Å²) in [6, 6.07) is 11.4. The van der Waals surface area contributed by atoms with Crippen molar-refractivity contribution < 1.29 is 0 Å². The van der Waals surface area contributed by atoms with Gasteiger partial charge in [-0.25, -0.2) is 0 Å². The molecule has 0 atom stereocenters. The van der Waals surface area contributed by atoms with Crippen molar-refractivity contribution in [3.05, 3.63) is 34.3 Å². The second kappa shape index (κ2) is 6.92. The molecule has 1 N–H and O–H groups in total. The number of nitrogens with one attached hydrogen (secondary N) is 1. The van der Waals surface area contributed by atoms with Gasteiger partial charge in [0.1, 0.15) is 0 Å². The molecule has 0 radical (unpaired) electrons. The number of hydrogen-bond donors (Lipinski definition) is 1. The predicted molar refractivity (Wildman–Crippen MR) is 77.2 cm³/mol.